The third kappa shape index (κ3) is 6.31. The molecular weight excluding hydrogens is 487 g/mol. The first-order valence-electron chi connectivity index (χ1n) is 10.5. The number of nitrogens with one attached hydrogen (secondary N) is 2. The number of hydrogen-bond donors (Lipinski definition) is 6. The predicted octanol–water partition coefficient (Wildman–Crippen LogP) is -1.92. The molecule has 1 aromatic heterocycles. The summed E-state index contributed by atoms with van der Waals surface area (Å²) in [5, 5.41) is 25.3. The number of nitrogens with zero attached hydrogens (tertiary/aromatic N) is 2. The molecule has 0 unspecified atom stereocenters. The van der Waals surface area contributed by atoms with Gasteiger partial charge in [0.15, 0.2) is 12.3 Å². The van der Waals surface area contributed by atoms with Crippen LogP contribution in [0.1, 0.15) is 18.7 Å². The lowest BCUT2D eigenvalue weighted by molar-refractivity contribution is -0.138. The maximum Gasteiger partial charge on any atom is 0.333 e. The lowest BCUT2D eigenvalue weighted by Gasteiger charge is -2.18. The highest BCUT2D eigenvalue weighted by atomic mass is 31.2. The number of anilines is 1. The van der Waals surface area contributed by atoms with Gasteiger partial charge in [0.25, 0.3) is 11.5 Å². The van der Waals surface area contributed by atoms with E-state index in [1.165, 1.54) is 24.3 Å². The summed E-state index contributed by atoms with van der Waals surface area (Å²) < 4.78 is 18.2. The number of aliphatic hydroxyl groups excluding tert-OH is 2. The molecule has 0 spiro atoms. The minimum absolute atomic E-state index is 0.0648. The molecule has 1 fully saturated rings. The molecule has 3 rings (SSSR count). The smallest absolute Gasteiger partial charge is 0.333 e. The molecule has 190 valence electrons. The fourth-order valence-corrected chi connectivity index (χ4v) is 4.21. The number of amides is 2. The molecule has 0 radical (unpaired) electrons. The van der Waals surface area contributed by atoms with Gasteiger partial charge in [-0.05, 0) is 24.6 Å². The monoisotopic (exact) mass is 512 g/mol. The van der Waals surface area contributed by atoms with Crippen molar-refractivity contribution in [2.75, 3.05) is 11.9 Å². The first-order chi connectivity index (χ1) is 16.4. The van der Waals surface area contributed by atoms with E-state index >= 15 is 0 Å². The summed E-state index contributed by atoms with van der Waals surface area (Å²) >= 11 is 0. The Labute approximate surface area is 197 Å². The van der Waals surface area contributed by atoms with Crippen molar-refractivity contribution in [3.63, 3.8) is 0 Å². The van der Waals surface area contributed by atoms with Crippen molar-refractivity contribution in [1.82, 2.24) is 14.5 Å². The third-order valence-electron chi connectivity index (χ3n) is 5.23. The van der Waals surface area contributed by atoms with Crippen molar-refractivity contribution in [2.45, 2.75) is 44.2 Å². The molecule has 15 heteroatoms. The fraction of sp³-hybridized carbons (Fsp3) is 0.400. The lowest BCUT2D eigenvalue weighted by atomic mass is 10.1. The zero-order valence-electron chi connectivity index (χ0n) is 18.5. The van der Waals surface area contributed by atoms with Gasteiger partial charge in [0.05, 0.1) is 12.7 Å². The van der Waals surface area contributed by atoms with Crippen LogP contribution in [0.5, 0.6) is 0 Å². The number of benzene rings is 1. The van der Waals surface area contributed by atoms with Crippen LogP contribution in [0.3, 0.4) is 0 Å². The van der Waals surface area contributed by atoms with E-state index in [0.29, 0.717) is 11.3 Å². The third-order valence-corrected chi connectivity index (χ3v) is 6.01. The molecule has 1 aliphatic heterocycles. The molecule has 2 amide bonds. The molecule has 0 saturated carbocycles. The molecule has 1 saturated heterocycles. The average molecular weight is 512 g/mol. The van der Waals surface area contributed by atoms with Gasteiger partial charge in [0.2, 0.25) is 5.91 Å². The molecule has 2 heterocycles. The Morgan fingerprint density at radius 1 is 1.09 bits per heavy atom. The van der Waals surface area contributed by atoms with Crippen LogP contribution in [0.25, 0.3) is 0 Å². The Morgan fingerprint density at radius 3 is 2.34 bits per heavy atom. The van der Waals surface area contributed by atoms with E-state index in [9.17, 15) is 34.0 Å². The van der Waals surface area contributed by atoms with Crippen LogP contribution >= 0.6 is 7.60 Å². The Kier molecular flexibility index (Phi) is 8.05. The summed E-state index contributed by atoms with van der Waals surface area (Å²) in [5.41, 5.74) is -0.655. The Hall–Kier alpha value is -3.13. The highest BCUT2D eigenvalue weighted by Crippen LogP contribution is 2.39. The van der Waals surface area contributed by atoms with E-state index in [2.05, 4.69) is 10.6 Å². The zero-order chi connectivity index (χ0) is 25.9. The second-order valence-electron chi connectivity index (χ2n) is 7.80. The minimum Gasteiger partial charge on any atom is -0.387 e. The van der Waals surface area contributed by atoms with Gasteiger partial charge in [-0.15, -0.1) is 0 Å². The van der Waals surface area contributed by atoms with Gasteiger partial charge in [-0.25, -0.2) is 4.79 Å². The first-order valence-corrected chi connectivity index (χ1v) is 12.3. The van der Waals surface area contributed by atoms with Gasteiger partial charge >= 0.3 is 13.3 Å². The first kappa shape index (κ1) is 26.5. The largest absolute Gasteiger partial charge is 0.387 e. The van der Waals surface area contributed by atoms with Crippen LogP contribution in [0, 0.1) is 0 Å². The standard InChI is InChI=1S/C20H25N4O10P/c1-2-23-14(26)7-8-24(20(23)30)19-16(28)15(27)17(34-19)18(29)21-9-13(25)22-12-5-3-11(4-6-12)10-35(31,32)33/h3-8,15-17,19,27-28H,2,9-10H2,1H3,(H,21,29)(H,22,25)(H2,31,32,33)/t15-,16+,17+,19-/m1/s1. The summed E-state index contributed by atoms with van der Waals surface area (Å²) in [6.45, 7) is 1.12. The summed E-state index contributed by atoms with van der Waals surface area (Å²) in [6.07, 6.45) is -5.75. The van der Waals surface area contributed by atoms with Crippen molar-refractivity contribution in [3.8, 4) is 0 Å². The van der Waals surface area contributed by atoms with Gasteiger partial charge < -0.3 is 35.4 Å². The second-order valence-corrected chi connectivity index (χ2v) is 9.45. The van der Waals surface area contributed by atoms with E-state index in [4.69, 9.17) is 14.5 Å². The molecule has 0 bridgehead atoms. The maximum absolute atomic E-state index is 12.5. The van der Waals surface area contributed by atoms with Crippen LogP contribution in [0.4, 0.5) is 5.69 Å². The molecule has 35 heavy (non-hydrogen) atoms. The van der Waals surface area contributed by atoms with Gasteiger partial charge in [0.1, 0.15) is 12.2 Å². The fourth-order valence-electron chi connectivity index (χ4n) is 3.53. The topological polar surface area (TPSA) is 209 Å². The Balaban J connectivity index is 1.59. The van der Waals surface area contributed by atoms with Crippen LogP contribution in [0.15, 0.2) is 46.1 Å². The number of carbonyl (C=O) groups excluding carboxylic acids is 2. The Morgan fingerprint density at radius 2 is 1.74 bits per heavy atom. The van der Waals surface area contributed by atoms with Crippen molar-refractivity contribution in [2.24, 2.45) is 0 Å². The highest BCUT2D eigenvalue weighted by Gasteiger charge is 2.47. The average Bonchev–Trinajstić information content (AvgIpc) is 3.07. The zero-order valence-corrected chi connectivity index (χ0v) is 19.4. The quantitative estimate of drug-likeness (QED) is 0.216. The van der Waals surface area contributed by atoms with Crippen LogP contribution < -0.4 is 21.9 Å². The SMILES string of the molecule is CCn1c(=O)ccn([C@@H]2O[C@H](C(=O)NCC(=O)Nc3ccc(CP(=O)(O)O)cc3)[C@H](O)[C@@H]2O)c1=O. The number of carbonyl (C=O) groups is 2. The molecular formula is C20H25N4O10P. The molecule has 0 aliphatic carbocycles. The van der Waals surface area contributed by atoms with Crippen molar-refractivity contribution in [1.29, 1.82) is 0 Å². The summed E-state index contributed by atoms with van der Waals surface area (Å²) in [7, 11) is -4.22. The lowest BCUT2D eigenvalue weighted by Crippen LogP contribution is -2.45. The predicted molar refractivity (Wildman–Crippen MR) is 120 cm³/mol. The summed E-state index contributed by atoms with van der Waals surface area (Å²) in [6, 6.07) is 6.82. The normalized spacial score (nSPS) is 22.1. The van der Waals surface area contributed by atoms with Gasteiger partial charge in [-0.2, -0.15) is 0 Å². The molecule has 2 aromatic rings. The number of aromatic nitrogens is 2. The van der Waals surface area contributed by atoms with E-state index < -0.39 is 67.9 Å². The van der Waals surface area contributed by atoms with E-state index in [1.807, 2.05) is 0 Å². The molecule has 6 N–H and O–H groups in total. The molecule has 1 aliphatic rings. The minimum atomic E-state index is -4.22. The molecule has 14 nitrogen and oxygen atoms in total. The van der Waals surface area contributed by atoms with Gasteiger partial charge in [-0.1, -0.05) is 12.1 Å². The second kappa shape index (κ2) is 10.6. The van der Waals surface area contributed by atoms with Crippen LogP contribution in [-0.2, 0) is 31.6 Å². The molecule has 1 aromatic carbocycles. The maximum atomic E-state index is 12.5. The van der Waals surface area contributed by atoms with Gasteiger partial charge in [-0.3, -0.25) is 28.1 Å². The molecule has 4 atom stereocenters. The van der Waals surface area contributed by atoms with E-state index in [1.54, 1.807) is 6.92 Å². The van der Waals surface area contributed by atoms with Crippen molar-refractivity contribution >= 4 is 25.1 Å². The summed E-state index contributed by atoms with van der Waals surface area (Å²) in [5.74, 6) is -1.56. The van der Waals surface area contributed by atoms with Crippen molar-refractivity contribution < 1.29 is 38.9 Å². The van der Waals surface area contributed by atoms with Crippen LogP contribution in [0.2, 0.25) is 0 Å². The summed E-state index contributed by atoms with van der Waals surface area (Å²) in [4.78, 5) is 66.8. The van der Waals surface area contributed by atoms with Crippen LogP contribution in [-0.4, -0.2) is 65.8 Å². The van der Waals surface area contributed by atoms with Crippen molar-refractivity contribution in [3.05, 3.63) is 62.9 Å². The highest BCUT2D eigenvalue weighted by molar-refractivity contribution is 7.50. The van der Waals surface area contributed by atoms with Gasteiger partial charge in [0, 0.05) is 24.5 Å². The number of ether oxygens (including phenoxy) is 1. The van der Waals surface area contributed by atoms with E-state index in [-0.39, 0.29) is 6.54 Å². The Bertz CT molecular complexity index is 1250. The van der Waals surface area contributed by atoms with E-state index in [0.717, 1.165) is 21.4 Å². The number of hydrogen-bond acceptors (Lipinski definition) is 8. The number of aliphatic hydroxyl groups is 2. The number of rotatable bonds is 8.